The molecule has 2 aliphatic rings. The van der Waals surface area contributed by atoms with Crippen molar-refractivity contribution in [3.63, 3.8) is 0 Å². The normalized spacial score (nSPS) is 15.0. The van der Waals surface area contributed by atoms with Crippen LogP contribution in [0.5, 0.6) is 5.75 Å². The third-order valence-electron chi connectivity index (χ3n) is 6.95. The number of hydrogen-bond acceptors (Lipinski definition) is 8. The molecule has 0 unspecified atom stereocenters. The first kappa shape index (κ1) is 27.0. The van der Waals surface area contributed by atoms with Crippen molar-refractivity contribution in [2.24, 2.45) is 0 Å². The Kier molecular flexibility index (Phi) is 7.37. The van der Waals surface area contributed by atoms with E-state index >= 15 is 0 Å². The molecule has 3 N–H and O–H groups in total. The van der Waals surface area contributed by atoms with Crippen LogP contribution in [0.1, 0.15) is 23.6 Å². The molecule has 13 heteroatoms. The number of halogens is 3. The Bertz CT molecular complexity index is 1440. The number of nitrogens with zero attached hydrogens (tertiary/aromatic N) is 4. The minimum atomic E-state index is -4.68. The summed E-state index contributed by atoms with van der Waals surface area (Å²) in [6, 6.07) is 10.7. The molecule has 1 fully saturated rings. The number of hydrogen-bond donors (Lipinski definition) is 3. The molecule has 40 heavy (non-hydrogen) atoms. The van der Waals surface area contributed by atoms with Crippen molar-refractivity contribution in [2.45, 2.75) is 26.1 Å². The summed E-state index contributed by atoms with van der Waals surface area (Å²) in [6.07, 6.45) is -3.78. The summed E-state index contributed by atoms with van der Waals surface area (Å²) in [4.78, 5) is 35.4. The van der Waals surface area contributed by atoms with Crippen LogP contribution < -0.4 is 25.6 Å². The van der Waals surface area contributed by atoms with Crippen molar-refractivity contribution in [1.82, 2.24) is 14.9 Å². The van der Waals surface area contributed by atoms with E-state index in [1.165, 1.54) is 7.11 Å². The Morgan fingerprint density at radius 1 is 1.15 bits per heavy atom. The molecule has 0 saturated carbocycles. The van der Waals surface area contributed by atoms with Gasteiger partial charge in [0.2, 0.25) is 17.8 Å². The molecular weight excluding hydrogens is 527 g/mol. The van der Waals surface area contributed by atoms with E-state index < -0.39 is 11.7 Å². The van der Waals surface area contributed by atoms with E-state index in [0.717, 1.165) is 17.4 Å². The Morgan fingerprint density at radius 3 is 2.62 bits per heavy atom. The van der Waals surface area contributed by atoms with Gasteiger partial charge >= 0.3 is 6.18 Å². The zero-order chi connectivity index (χ0) is 28.4. The molecule has 10 nitrogen and oxygen atoms in total. The molecule has 0 spiro atoms. The number of nitrogens with one attached hydrogen (secondary N) is 3. The highest BCUT2D eigenvalue weighted by atomic mass is 19.4. The number of piperazine rings is 1. The number of carbonyl (C=O) groups excluding carboxylic acids is 2. The lowest BCUT2D eigenvalue weighted by Gasteiger charge is -2.35. The second kappa shape index (κ2) is 10.9. The number of ether oxygens (including phenoxy) is 1. The third kappa shape index (κ3) is 5.72. The SMILES string of the molecule is COc1cc(N2CCN(C(C)=O)CC2)ccc1Nc1ncc(C(F)(F)F)c(NCc2cccc3c2CC(=O)N3)n1. The van der Waals surface area contributed by atoms with Crippen LogP contribution in [0.3, 0.4) is 0 Å². The lowest BCUT2D eigenvalue weighted by molar-refractivity contribution is -0.137. The maximum atomic E-state index is 13.8. The second-order valence-electron chi connectivity index (χ2n) is 9.48. The lowest BCUT2D eigenvalue weighted by Crippen LogP contribution is -2.48. The molecule has 0 aliphatic carbocycles. The Hall–Kier alpha value is -4.55. The Morgan fingerprint density at radius 2 is 1.93 bits per heavy atom. The fourth-order valence-electron chi connectivity index (χ4n) is 4.82. The first-order valence-electron chi connectivity index (χ1n) is 12.7. The highest BCUT2D eigenvalue weighted by Crippen LogP contribution is 2.36. The van der Waals surface area contributed by atoms with Crippen LogP contribution in [0.4, 0.5) is 42.0 Å². The van der Waals surface area contributed by atoms with Gasteiger partial charge in [0.25, 0.3) is 0 Å². The number of amides is 2. The second-order valence-corrected chi connectivity index (χ2v) is 9.48. The zero-order valence-electron chi connectivity index (χ0n) is 21.9. The lowest BCUT2D eigenvalue weighted by atomic mass is 10.0. The van der Waals surface area contributed by atoms with Crippen LogP contribution in [0.15, 0.2) is 42.6 Å². The monoisotopic (exact) mass is 555 g/mol. The molecule has 0 radical (unpaired) electrons. The summed E-state index contributed by atoms with van der Waals surface area (Å²) < 4.78 is 46.8. The van der Waals surface area contributed by atoms with Crippen molar-refractivity contribution in [1.29, 1.82) is 0 Å². The van der Waals surface area contributed by atoms with Gasteiger partial charge in [-0.2, -0.15) is 18.2 Å². The molecule has 0 bridgehead atoms. The first-order valence-corrected chi connectivity index (χ1v) is 12.7. The van der Waals surface area contributed by atoms with Crippen molar-refractivity contribution in [3.8, 4) is 5.75 Å². The van der Waals surface area contributed by atoms with E-state index in [1.807, 2.05) is 12.1 Å². The number of rotatable bonds is 7. The third-order valence-corrected chi connectivity index (χ3v) is 6.95. The summed E-state index contributed by atoms with van der Waals surface area (Å²) in [5.74, 6) is -0.0979. The Labute approximate surface area is 228 Å². The number of carbonyl (C=O) groups is 2. The van der Waals surface area contributed by atoms with Crippen LogP contribution in [-0.4, -0.2) is 60.0 Å². The van der Waals surface area contributed by atoms with E-state index in [2.05, 4.69) is 30.8 Å². The standard InChI is InChI=1S/C27H28F3N7O3/c1-16(38)36-8-10-37(11-9-36)18-6-7-22(23(12-18)40-2)34-26-32-15-20(27(28,29)30)25(35-26)31-14-17-4-3-5-21-19(17)13-24(39)33-21/h3-7,12,15H,8-11,13-14H2,1-2H3,(H,33,39)(H2,31,32,34,35). The van der Waals surface area contributed by atoms with Crippen LogP contribution in [0, 0.1) is 0 Å². The van der Waals surface area contributed by atoms with Crippen LogP contribution in [0.2, 0.25) is 0 Å². The van der Waals surface area contributed by atoms with Gasteiger partial charge in [0.05, 0.1) is 19.2 Å². The predicted molar refractivity (Wildman–Crippen MR) is 144 cm³/mol. The van der Waals surface area contributed by atoms with Gasteiger partial charge in [-0.15, -0.1) is 0 Å². The molecule has 5 rings (SSSR count). The number of aromatic nitrogens is 2. The van der Waals surface area contributed by atoms with Crippen LogP contribution in [0.25, 0.3) is 0 Å². The van der Waals surface area contributed by atoms with Gasteiger partial charge in [-0.1, -0.05) is 12.1 Å². The average Bonchev–Trinajstić information content (AvgIpc) is 3.32. The molecule has 3 heterocycles. The summed E-state index contributed by atoms with van der Waals surface area (Å²) in [6.45, 7) is 4.16. The first-order chi connectivity index (χ1) is 19.1. The topological polar surface area (TPSA) is 112 Å². The predicted octanol–water partition coefficient (Wildman–Crippen LogP) is 4.02. The zero-order valence-corrected chi connectivity index (χ0v) is 21.9. The molecule has 2 aromatic carbocycles. The van der Waals surface area contributed by atoms with Gasteiger partial charge in [0, 0.05) is 63.3 Å². The maximum Gasteiger partial charge on any atom is 0.421 e. The van der Waals surface area contributed by atoms with E-state index in [0.29, 0.717) is 48.9 Å². The van der Waals surface area contributed by atoms with Crippen LogP contribution >= 0.6 is 0 Å². The van der Waals surface area contributed by atoms with Crippen molar-refractivity contribution in [3.05, 3.63) is 59.3 Å². The molecule has 1 aromatic heterocycles. The molecule has 2 aliphatic heterocycles. The number of methoxy groups -OCH3 is 1. The maximum absolute atomic E-state index is 13.8. The van der Waals surface area contributed by atoms with Crippen molar-refractivity contribution >= 4 is 40.6 Å². The van der Waals surface area contributed by atoms with E-state index in [9.17, 15) is 22.8 Å². The van der Waals surface area contributed by atoms with Crippen LogP contribution in [-0.2, 0) is 28.7 Å². The Balaban J connectivity index is 1.35. The van der Waals surface area contributed by atoms with Gasteiger partial charge < -0.3 is 30.5 Å². The summed E-state index contributed by atoms with van der Waals surface area (Å²) >= 11 is 0. The van der Waals surface area contributed by atoms with E-state index in [1.54, 1.807) is 36.1 Å². The number of alkyl halides is 3. The number of benzene rings is 2. The summed E-state index contributed by atoms with van der Waals surface area (Å²) in [7, 11) is 1.50. The van der Waals surface area contributed by atoms with Gasteiger partial charge in [0.15, 0.2) is 0 Å². The summed E-state index contributed by atoms with van der Waals surface area (Å²) in [5, 5.41) is 8.48. The van der Waals surface area contributed by atoms with Gasteiger partial charge in [-0.25, -0.2) is 4.98 Å². The highest BCUT2D eigenvalue weighted by Gasteiger charge is 2.35. The van der Waals surface area contributed by atoms with E-state index in [-0.39, 0.29) is 36.5 Å². The smallest absolute Gasteiger partial charge is 0.421 e. The van der Waals surface area contributed by atoms with Crippen molar-refractivity contribution in [2.75, 3.05) is 54.1 Å². The minimum Gasteiger partial charge on any atom is -0.494 e. The van der Waals surface area contributed by atoms with Crippen molar-refractivity contribution < 1.29 is 27.5 Å². The van der Waals surface area contributed by atoms with E-state index in [4.69, 9.17) is 4.74 Å². The highest BCUT2D eigenvalue weighted by molar-refractivity contribution is 5.99. The quantitative estimate of drug-likeness (QED) is 0.401. The van der Waals surface area contributed by atoms with Gasteiger partial charge in [-0.05, 0) is 29.3 Å². The van der Waals surface area contributed by atoms with Gasteiger partial charge in [0.1, 0.15) is 17.1 Å². The van der Waals surface area contributed by atoms with Gasteiger partial charge in [-0.3, -0.25) is 9.59 Å². The molecule has 3 aromatic rings. The number of anilines is 5. The number of fused-ring (bicyclic) bond motifs is 1. The fraction of sp³-hybridized carbons (Fsp3) is 0.333. The largest absolute Gasteiger partial charge is 0.494 e. The molecule has 210 valence electrons. The molecule has 0 atom stereocenters. The molecule has 1 saturated heterocycles. The molecular formula is C27H28F3N7O3. The fourth-order valence-corrected chi connectivity index (χ4v) is 4.82. The molecule has 2 amide bonds. The summed E-state index contributed by atoms with van der Waals surface area (Å²) in [5.41, 5.74) is 2.45. The average molecular weight is 556 g/mol. The minimum absolute atomic E-state index is 0.0343.